The molecule has 1 heterocycles. The molecule has 0 spiro atoms. The number of aliphatic carboxylic acids is 1. The highest BCUT2D eigenvalue weighted by molar-refractivity contribution is 6.29. The van der Waals surface area contributed by atoms with Gasteiger partial charge in [-0.25, -0.2) is 4.98 Å². The number of carbonyl (C=O) groups is 2. The first-order valence-corrected chi connectivity index (χ1v) is 6.50. The third-order valence-electron chi connectivity index (χ3n) is 3.45. The van der Waals surface area contributed by atoms with Crippen molar-refractivity contribution in [1.29, 1.82) is 0 Å². The maximum atomic E-state index is 12.1. The van der Waals surface area contributed by atoms with Crippen molar-refractivity contribution in [2.24, 2.45) is 17.8 Å². The van der Waals surface area contributed by atoms with Gasteiger partial charge in [0.15, 0.2) is 0 Å². The largest absolute Gasteiger partial charge is 0.481 e. The van der Waals surface area contributed by atoms with Gasteiger partial charge in [0.2, 0.25) is 5.91 Å². The fourth-order valence-corrected chi connectivity index (χ4v) is 2.65. The van der Waals surface area contributed by atoms with Gasteiger partial charge < -0.3 is 10.4 Å². The van der Waals surface area contributed by atoms with Crippen molar-refractivity contribution in [3.8, 4) is 0 Å². The number of carboxylic acids is 1. The lowest BCUT2D eigenvalue weighted by atomic mass is 9.95. The second-order valence-electron chi connectivity index (χ2n) is 4.99. The predicted octanol–water partition coefficient (Wildman–Crippen LogP) is 2.42. The summed E-state index contributed by atoms with van der Waals surface area (Å²) in [6.45, 7) is 1.97. The van der Waals surface area contributed by atoms with Crippen molar-refractivity contribution in [3.05, 3.63) is 23.5 Å². The number of pyridine rings is 1. The fourth-order valence-electron chi connectivity index (χ4n) is 2.54. The molecule has 1 aromatic rings. The van der Waals surface area contributed by atoms with Crippen LogP contribution in [0.1, 0.15) is 19.8 Å². The summed E-state index contributed by atoms with van der Waals surface area (Å²) in [5.74, 6) is -2.00. The molecule has 0 aromatic carbocycles. The molecular formula is C13H15ClN2O3. The Hall–Kier alpha value is -1.62. The van der Waals surface area contributed by atoms with Crippen molar-refractivity contribution < 1.29 is 14.7 Å². The molecule has 0 aliphatic heterocycles. The first-order chi connectivity index (χ1) is 8.97. The molecule has 0 bridgehead atoms. The van der Waals surface area contributed by atoms with E-state index in [-0.39, 0.29) is 11.8 Å². The molecule has 3 unspecified atom stereocenters. The van der Waals surface area contributed by atoms with Crippen LogP contribution >= 0.6 is 11.6 Å². The van der Waals surface area contributed by atoms with E-state index in [0.29, 0.717) is 23.7 Å². The number of hydrogen-bond acceptors (Lipinski definition) is 3. The number of aromatic nitrogens is 1. The van der Waals surface area contributed by atoms with Gasteiger partial charge >= 0.3 is 5.97 Å². The average Bonchev–Trinajstić information content (AvgIpc) is 2.74. The molecule has 1 aliphatic rings. The van der Waals surface area contributed by atoms with Crippen LogP contribution in [0.5, 0.6) is 0 Å². The lowest BCUT2D eigenvalue weighted by Crippen LogP contribution is -2.30. The van der Waals surface area contributed by atoms with Crippen LogP contribution in [0.3, 0.4) is 0 Å². The summed E-state index contributed by atoms with van der Waals surface area (Å²) in [6, 6.07) is 3.21. The number of amides is 1. The van der Waals surface area contributed by atoms with Crippen LogP contribution in [0.4, 0.5) is 5.69 Å². The van der Waals surface area contributed by atoms with Crippen molar-refractivity contribution in [3.63, 3.8) is 0 Å². The van der Waals surface area contributed by atoms with Gasteiger partial charge in [0.1, 0.15) is 5.15 Å². The molecule has 1 aliphatic carbocycles. The van der Waals surface area contributed by atoms with E-state index >= 15 is 0 Å². The van der Waals surface area contributed by atoms with Gasteiger partial charge in [0.05, 0.1) is 23.7 Å². The molecule has 3 atom stereocenters. The van der Waals surface area contributed by atoms with Crippen LogP contribution in [0.15, 0.2) is 18.3 Å². The number of carbonyl (C=O) groups excluding carboxylic acids is 1. The molecule has 0 saturated heterocycles. The van der Waals surface area contributed by atoms with Crippen LogP contribution in [-0.2, 0) is 9.59 Å². The molecule has 2 N–H and O–H groups in total. The summed E-state index contributed by atoms with van der Waals surface area (Å²) in [5, 5.41) is 12.2. The summed E-state index contributed by atoms with van der Waals surface area (Å²) in [6.07, 6.45) is 2.60. The van der Waals surface area contributed by atoms with Crippen LogP contribution < -0.4 is 5.32 Å². The molecule has 1 aromatic heterocycles. The smallest absolute Gasteiger partial charge is 0.307 e. The summed E-state index contributed by atoms with van der Waals surface area (Å²) >= 11 is 5.66. The van der Waals surface area contributed by atoms with Crippen LogP contribution in [0, 0.1) is 17.8 Å². The first kappa shape index (κ1) is 13.8. The van der Waals surface area contributed by atoms with Gasteiger partial charge in [0, 0.05) is 0 Å². The number of nitrogens with one attached hydrogen (secondary N) is 1. The van der Waals surface area contributed by atoms with Gasteiger partial charge in [0.25, 0.3) is 0 Å². The minimum atomic E-state index is -0.904. The number of carboxylic acid groups (broad SMARTS) is 1. The SMILES string of the molecule is CC1CC(C(=O)O)C(C(=O)Nc2ccc(Cl)nc2)C1. The topological polar surface area (TPSA) is 79.3 Å². The Bertz CT molecular complexity index is 489. The molecule has 1 amide bonds. The quantitative estimate of drug-likeness (QED) is 0.835. The van der Waals surface area contributed by atoms with E-state index in [1.54, 1.807) is 12.1 Å². The third-order valence-corrected chi connectivity index (χ3v) is 3.67. The zero-order valence-corrected chi connectivity index (χ0v) is 11.2. The van der Waals surface area contributed by atoms with E-state index in [2.05, 4.69) is 10.3 Å². The fraction of sp³-hybridized carbons (Fsp3) is 0.462. The van der Waals surface area contributed by atoms with Crippen molar-refractivity contribution in [2.75, 3.05) is 5.32 Å². The van der Waals surface area contributed by atoms with Crippen LogP contribution in [0.25, 0.3) is 0 Å². The monoisotopic (exact) mass is 282 g/mol. The standard InChI is InChI=1S/C13H15ClN2O3/c1-7-4-9(10(5-7)13(18)19)12(17)16-8-2-3-11(14)15-6-8/h2-3,6-7,9-10H,4-5H2,1H3,(H,16,17)(H,18,19). The van der Waals surface area contributed by atoms with E-state index < -0.39 is 17.8 Å². The second-order valence-corrected chi connectivity index (χ2v) is 5.37. The molecule has 0 radical (unpaired) electrons. The Morgan fingerprint density at radius 1 is 1.37 bits per heavy atom. The molecule has 1 saturated carbocycles. The molecule has 5 nitrogen and oxygen atoms in total. The lowest BCUT2D eigenvalue weighted by Gasteiger charge is -2.15. The Morgan fingerprint density at radius 3 is 2.63 bits per heavy atom. The molecule has 102 valence electrons. The van der Waals surface area contributed by atoms with E-state index in [0.717, 1.165) is 0 Å². The second kappa shape index (κ2) is 5.57. The van der Waals surface area contributed by atoms with Crippen LogP contribution in [0.2, 0.25) is 5.15 Å². The number of nitrogens with zero attached hydrogens (tertiary/aromatic N) is 1. The maximum Gasteiger partial charge on any atom is 0.307 e. The zero-order valence-electron chi connectivity index (χ0n) is 10.5. The Balaban J connectivity index is 2.06. The maximum absolute atomic E-state index is 12.1. The number of rotatable bonds is 3. The summed E-state index contributed by atoms with van der Waals surface area (Å²) in [7, 11) is 0. The zero-order chi connectivity index (χ0) is 14.0. The van der Waals surface area contributed by atoms with Crippen molar-refractivity contribution in [2.45, 2.75) is 19.8 Å². The number of anilines is 1. The lowest BCUT2D eigenvalue weighted by molar-refractivity contribution is -0.145. The van der Waals surface area contributed by atoms with Crippen molar-refractivity contribution in [1.82, 2.24) is 4.98 Å². The minimum Gasteiger partial charge on any atom is -0.481 e. The highest BCUT2D eigenvalue weighted by Crippen LogP contribution is 2.37. The molecule has 6 heteroatoms. The highest BCUT2D eigenvalue weighted by atomic mass is 35.5. The summed E-state index contributed by atoms with van der Waals surface area (Å²) < 4.78 is 0. The molecule has 2 rings (SSSR count). The Morgan fingerprint density at radius 2 is 2.05 bits per heavy atom. The van der Waals surface area contributed by atoms with E-state index in [4.69, 9.17) is 16.7 Å². The summed E-state index contributed by atoms with van der Waals surface area (Å²) in [4.78, 5) is 27.1. The van der Waals surface area contributed by atoms with Gasteiger partial charge in [-0.1, -0.05) is 18.5 Å². The first-order valence-electron chi connectivity index (χ1n) is 6.12. The average molecular weight is 283 g/mol. The van der Waals surface area contributed by atoms with E-state index in [1.165, 1.54) is 6.20 Å². The van der Waals surface area contributed by atoms with Crippen molar-refractivity contribution >= 4 is 29.2 Å². The molecule has 19 heavy (non-hydrogen) atoms. The minimum absolute atomic E-state index is 0.250. The predicted molar refractivity (Wildman–Crippen MR) is 70.9 cm³/mol. The van der Waals surface area contributed by atoms with E-state index in [1.807, 2.05) is 6.92 Å². The summed E-state index contributed by atoms with van der Waals surface area (Å²) in [5.41, 5.74) is 0.526. The molecule has 1 fully saturated rings. The third kappa shape index (κ3) is 3.23. The highest BCUT2D eigenvalue weighted by Gasteiger charge is 2.41. The van der Waals surface area contributed by atoms with E-state index in [9.17, 15) is 9.59 Å². The van der Waals surface area contributed by atoms with Gasteiger partial charge in [-0.05, 0) is 30.9 Å². The van der Waals surface area contributed by atoms with Gasteiger partial charge in [-0.3, -0.25) is 9.59 Å². The van der Waals surface area contributed by atoms with Gasteiger partial charge in [-0.15, -0.1) is 0 Å². The Labute approximate surface area is 116 Å². The van der Waals surface area contributed by atoms with Gasteiger partial charge in [-0.2, -0.15) is 0 Å². The Kier molecular flexibility index (Phi) is 4.04. The molecular weight excluding hydrogens is 268 g/mol. The van der Waals surface area contributed by atoms with Crippen LogP contribution in [-0.4, -0.2) is 22.0 Å². The number of halogens is 1. The normalized spacial score (nSPS) is 26.1. The number of hydrogen-bond donors (Lipinski definition) is 2.